The largest absolute Gasteiger partial charge is 0.497 e. The molecule has 6 rings (SSSR count). The third-order valence-electron chi connectivity index (χ3n) is 8.01. The third kappa shape index (κ3) is 7.25. The van der Waals surface area contributed by atoms with Gasteiger partial charge in [0, 0.05) is 24.0 Å². The quantitative estimate of drug-likeness (QED) is 0.169. The number of carbonyl (C=O) groups is 1. The summed E-state index contributed by atoms with van der Waals surface area (Å²) in [5.74, 6) is -1.34. The van der Waals surface area contributed by atoms with Crippen LogP contribution in [0.25, 0.3) is 27.5 Å². The number of halogens is 4. The predicted molar refractivity (Wildman–Crippen MR) is 192 cm³/mol. The standard InChI is InChI=1S/C34H28BrClF2N6O6S/c1-42-30-27(11-10-25(36)29(30)32(41-42)43(51(3,47)48)17-18-4-7-23(49-2)8-5-18)44-31(40-26-15-20(35)6-9-24(26)33(44)45)28(50-34(39)46)14-19-12-21(37)16-22(38)13-19/h4-13,15-16,28H,14,17H2,1-3H3,(H2,39,46)/t28-/m0/s1. The van der Waals surface area contributed by atoms with Crippen LogP contribution in [0.4, 0.5) is 19.4 Å². The molecular weight excluding hydrogens is 774 g/mol. The van der Waals surface area contributed by atoms with Crippen LogP contribution in [-0.2, 0) is 34.8 Å². The summed E-state index contributed by atoms with van der Waals surface area (Å²) >= 11 is 10.2. The molecule has 0 unspecified atom stereocenters. The van der Waals surface area contributed by atoms with Crippen LogP contribution in [0.3, 0.4) is 0 Å². The van der Waals surface area contributed by atoms with Gasteiger partial charge in [-0.2, -0.15) is 5.10 Å². The summed E-state index contributed by atoms with van der Waals surface area (Å²) in [4.78, 5) is 31.4. The Balaban J connectivity index is 1.63. The molecule has 51 heavy (non-hydrogen) atoms. The van der Waals surface area contributed by atoms with Crippen LogP contribution in [0.5, 0.6) is 5.75 Å². The average molecular weight is 802 g/mol. The molecule has 2 N–H and O–H groups in total. The number of anilines is 1. The molecule has 1 amide bonds. The molecule has 2 heterocycles. The number of nitrogens with zero attached hydrogens (tertiary/aromatic N) is 5. The van der Waals surface area contributed by atoms with Crippen molar-refractivity contribution in [1.29, 1.82) is 0 Å². The molecule has 6 aromatic rings. The fourth-order valence-corrected chi connectivity index (χ4v) is 7.24. The highest BCUT2D eigenvalue weighted by Crippen LogP contribution is 2.38. The zero-order valence-corrected chi connectivity index (χ0v) is 30.3. The van der Waals surface area contributed by atoms with E-state index >= 15 is 0 Å². The average Bonchev–Trinajstić information content (AvgIpc) is 3.40. The van der Waals surface area contributed by atoms with Crippen molar-refractivity contribution < 1.29 is 31.5 Å². The van der Waals surface area contributed by atoms with Crippen molar-refractivity contribution in [2.24, 2.45) is 12.8 Å². The number of hydrogen-bond donors (Lipinski definition) is 1. The Labute approximate surface area is 303 Å². The number of ether oxygens (including phenoxy) is 2. The Morgan fingerprint density at radius 1 is 1.04 bits per heavy atom. The summed E-state index contributed by atoms with van der Waals surface area (Å²) in [6.45, 7) is -0.119. The Morgan fingerprint density at radius 3 is 2.35 bits per heavy atom. The van der Waals surface area contributed by atoms with Crippen LogP contribution in [0, 0.1) is 11.6 Å². The Kier molecular flexibility index (Phi) is 9.76. The second kappa shape index (κ2) is 13.9. The molecule has 0 aliphatic rings. The summed E-state index contributed by atoms with van der Waals surface area (Å²) in [6, 6.07) is 17.3. The first kappa shape index (κ1) is 35.8. The molecule has 0 bridgehead atoms. The SMILES string of the molecule is COc1ccc(CN(c2nn(C)c3c(-n4c([C@H](Cc5cc(F)cc(F)c5)OC(N)=O)nc5cc(Br)ccc5c4=O)ccc(Cl)c23)S(C)(=O)=O)cc1. The maximum Gasteiger partial charge on any atom is 0.405 e. The lowest BCUT2D eigenvalue weighted by Crippen LogP contribution is -2.30. The van der Waals surface area contributed by atoms with Crippen LogP contribution in [0.2, 0.25) is 5.02 Å². The van der Waals surface area contributed by atoms with Gasteiger partial charge < -0.3 is 15.2 Å². The second-order valence-corrected chi connectivity index (χ2v) is 14.8. The number of amides is 1. The molecule has 0 aliphatic heterocycles. The van der Waals surface area contributed by atoms with E-state index in [4.69, 9.17) is 31.8 Å². The van der Waals surface area contributed by atoms with Crippen molar-refractivity contribution in [2.75, 3.05) is 17.7 Å². The fourth-order valence-electron chi connectivity index (χ4n) is 5.83. The van der Waals surface area contributed by atoms with Crippen LogP contribution in [0.15, 0.2) is 82.1 Å². The molecule has 2 aromatic heterocycles. The van der Waals surface area contributed by atoms with Crippen LogP contribution >= 0.6 is 27.5 Å². The maximum absolute atomic E-state index is 14.5. The van der Waals surface area contributed by atoms with Crippen molar-refractivity contribution in [3.8, 4) is 11.4 Å². The number of primary amides is 1. The first-order valence-corrected chi connectivity index (χ1v) is 18.1. The van der Waals surface area contributed by atoms with Gasteiger partial charge in [0.2, 0.25) is 10.0 Å². The summed E-state index contributed by atoms with van der Waals surface area (Å²) in [6.07, 6.45) is -1.98. The number of rotatable bonds is 10. The summed E-state index contributed by atoms with van der Waals surface area (Å²) < 4.78 is 70.0. The van der Waals surface area contributed by atoms with Gasteiger partial charge in [-0.05, 0) is 65.7 Å². The molecule has 0 fully saturated rings. The van der Waals surface area contributed by atoms with Gasteiger partial charge >= 0.3 is 6.09 Å². The van der Waals surface area contributed by atoms with E-state index in [1.165, 1.54) is 23.9 Å². The molecule has 17 heteroatoms. The van der Waals surface area contributed by atoms with Gasteiger partial charge in [-0.3, -0.25) is 14.0 Å². The first-order valence-electron chi connectivity index (χ1n) is 15.0. The van der Waals surface area contributed by atoms with E-state index in [0.717, 1.165) is 27.3 Å². The highest BCUT2D eigenvalue weighted by molar-refractivity contribution is 9.10. The van der Waals surface area contributed by atoms with E-state index in [1.54, 1.807) is 49.5 Å². The summed E-state index contributed by atoms with van der Waals surface area (Å²) in [5, 5.41) is 5.04. The van der Waals surface area contributed by atoms with Crippen LogP contribution in [0.1, 0.15) is 23.1 Å². The number of aromatic nitrogens is 4. The van der Waals surface area contributed by atoms with E-state index < -0.39 is 39.4 Å². The first-order chi connectivity index (χ1) is 24.1. The van der Waals surface area contributed by atoms with Gasteiger partial charge in [0.25, 0.3) is 5.56 Å². The smallest absolute Gasteiger partial charge is 0.405 e. The predicted octanol–water partition coefficient (Wildman–Crippen LogP) is 6.32. The summed E-state index contributed by atoms with van der Waals surface area (Å²) in [5.41, 5.74) is 6.12. The van der Waals surface area contributed by atoms with Crippen LogP contribution in [-0.4, -0.2) is 47.2 Å². The van der Waals surface area contributed by atoms with E-state index in [0.29, 0.717) is 21.9 Å². The maximum atomic E-state index is 14.5. The van der Waals surface area contributed by atoms with Crippen molar-refractivity contribution in [3.05, 3.63) is 121 Å². The molecule has 0 spiro atoms. The lowest BCUT2D eigenvalue weighted by Gasteiger charge is -2.22. The lowest BCUT2D eigenvalue weighted by atomic mass is 10.1. The molecule has 1 atom stereocenters. The van der Waals surface area contributed by atoms with Crippen molar-refractivity contribution in [1.82, 2.24) is 19.3 Å². The number of methoxy groups -OCH3 is 1. The number of sulfonamides is 1. The van der Waals surface area contributed by atoms with E-state index in [2.05, 4.69) is 21.0 Å². The summed E-state index contributed by atoms with van der Waals surface area (Å²) in [7, 11) is -0.912. The van der Waals surface area contributed by atoms with E-state index in [9.17, 15) is 26.8 Å². The van der Waals surface area contributed by atoms with Crippen molar-refractivity contribution >= 4 is 71.3 Å². The van der Waals surface area contributed by atoms with Gasteiger partial charge in [-0.15, -0.1) is 0 Å². The molecule has 12 nitrogen and oxygen atoms in total. The molecule has 264 valence electrons. The molecular formula is C34H28BrClF2N6O6S. The van der Waals surface area contributed by atoms with Crippen LogP contribution < -0.4 is 20.3 Å². The van der Waals surface area contributed by atoms with Gasteiger partial charge in [-0.1, -0.05) is 39.7 Å². The number of benzene rings is 4. The van der Waals surface area contributed by atoms with Crippen molar-refractivity contribution in [3.63, 3.8) is 0 Å². The minimum Gasteiger partial charge on any atom is -0.497 e. The molecule has 0 radical (unpaired) electrons. The number of hydrogen-bond acceptors (Lipinski definition) is 8. The number of fused-ring (bicyclic) bond motifs is 2. The second-order valence-electron chi connectivity index (χ2n) is 11.5. The minimum absolute atomic E-state index is 0.0230. The minimum atomic E-state index is -3.97. The van der Waals surface area contributed by atoms with E-state index in [1.807, 2.05) is 0 Å². The molecule has 0 aliphatic carbocycles. The van der Waals surface area contributed by atoms with E-state index in [-0.39, 0.29) is 62.7 Å². The van der Waals surface area contributed by atoms with Gasteiger partial charge in [0.05, 0.1) is 52.4 Å². The Bertz CT molecular complexity index is 2490. The molecule has 4 aromatic carbocycles. The zero-order valence-electron chi connectivity index (χ0n) is 27.1. The number of carbonyl (C=O) groups excluding carboxylic acids is 1. The highest BCUT2D eigenvalue weighted by Gasteiger charge is 2.30. The van der Waals surface area contributed by atoms with Gasteiger partial charge in [-0.25, -0.2) is 31.3 Å². The highest BCUT2D eigenvalue weighted by atomic mass is 79.9. The fraction of sp³-hybridized carbons (Fsp3) is 0.176. The van der Waals surface area contributed by atoms with Gasteiger partial charge in [0.1, 0.15) is 17.4 Å². The molecule has 0 saturated heterocycles. The monoisotopic (exact) mass is 800 g/mol. The molecule has 0 saturated carbocycles. The zero-order chi connectivity index (χ0) is 36.8. The number of aryl methyl sites for hydroxylation is 1. The Hall–Kier alpha value is -5.06. The topological polar surface area (TPSA) is 152 Å². The normalized spacial score (nSPS) is 12.3. The van der Waals surface area contributed by atoms with Crippen molar-refractivity contribution in [2.45, 2.75) is 19.1 Å². The Morgan fingerprint density at radius 2 is 1.73 bits per heavy atom. The third-order valence-corrected chi connectivity index (χ3v) is 9.92. The number of nitrogens with two attached hydrogens (primary N) is 1. The van der Waals surface area contributed by atoms with Gasteiger partial charge in [0.15, 0.2) is 17.7 Å². The lowest BCUT2D eigenvalue weighted by molar-refractivity contribution is 0.1000.